The first-order chi connectivity index (χ1) is 7.92. The van der Waals surface area contributed by atoms with Crippen LogP contribution in [0.2, 0.25) is 0 Å². The van der Waals surface area contributed by atoms with E-state index in [0.717, 1.165) is 57.7 Å². The molecule has 2 saturated heterocycles. The molecule has 0 atom stereocenters. The zero-order valence-electron chi connectivity index (χ0n) is 9.30. The Morgan fingerprint density at radius 3 is 2.69 bits per heavy atom. The molecule has 0 unspecified atom stereocenters. The summed E-state index contributed by atoms with van der Waals surface area (Å²) in [7, 11) is 0. The summed E-state index contributed by atoms with van der Waals surface area (Å²) in [5, 5.41) is 7.16. The fourth-order valence-electron chi connectivity index (χ4n) is 2.28. The fraction of sp³-hybridized carbons (Fsp3) is 0.800. The second kappa shape index (κ2) is 4.48. The van der Waals surface area contributed by atoms with Crippen LogP contribution < -0.4 is 5.32 Å². The maximum Gasteiger partial charge on any atom is 0.213 e. The van der Waals surface area contributed by atoms with E-state index < -0.39 is 0 Å². The van der Waals surface area contributed by atoms with Gasteiger partial charge < -0.3 is 9.84 Å². The molecule has 6 heteroatoms. The molecule has 3 rings (SSSR count). The van der Waals surface area contributed by atoms with Gasteiger partial charge in [0.15, 0.2) is 5.82 Å². The Bertz CT molecular complexity index is 316. The van der Waals surface area contributed by atoms with E-state index in [9.17, 15) is 0 Å². The van der Waals surface area contributed by atoms with Crippen LogP contribution in [0.5, 0.6) is 0 Å². The standard InChI is InChI=1S/C10H17N5O/c1-3-15(9-5-11-6-9)4-2-14(1)7-10-12-8-16-13-10/h8-9,11H,1-7H2. The van der Waals surface area contributed by atoms with Crippen LogP contribution in [-0.4, -0.2) is 65.3 Å². The number of hydrogen-bond acceptors (Lipinski definition) is 6. The van der Waals surface area contributed by atoms with Crippen molar-refractivity contribution in [3.05, 3.63) is 12.2 Å². The van der Waals surface area contributed by atoms with Gasteiger partial charge in [0.25, 0.3) is 0 Å². The number of rotatable bonds is 3. The summed E-state index contributed by atoms with van der Waals surface area (Å²) in [5.41, 5.74) is 0. The maximum atomic E-state index is 4.74. The number of piperazine rings is 1. The smallest absolute Gasteiger partial charge is 0.213 e. The molecule has 0 amide bonds. The Morgan fingerprint density at radius 2 is 2.12 bits per heavy atom. The number of nitrogens with one attached hydrogen (secondary N) is 1. The van der Waals surface area contributed by atoms with Gasteiger partial charge in [-0.2, -0.15) is 4.98 Å². The van der Waals surface area contributed by atoms with Crippen LogP contribution in [0.3, 0.4) is 0 Å². The minimum Gasteiger partial charge on any atom is -0.343 e. The van der Waals surface area contributed by atoms with Crippen LogP contribution >= 0.6 is 0 Å². The molecule has 1 aromatic rings. The van der Waals surface area contributed by atoms with Crippen molar-refractivity contribution in [1.82, 2.24) is 25.3 Å². The van der Waals surface area contributed by atoms with Crippen molar-refractivity contribution in [2.45, 2.75) is 12.6 Å². The van der Waals surface area contributed by atoms with Crippen molar-refractivity contribution >= 4 is 0 Å². The van der Waals surface area contributed by atoms with Crippen molar-refractivity contribution in [1.29, 1.82) is 0 Å². The molecule has 0 bridgehead atoms. The third-order valence-corrected chi connectivity index (χ3v) is 3.46. The highest BCUT2D eigenvalue weighted by Gasteiger charge is 2.27. The number of hydrogen-bond donors (Lipinski definition) is 1. The SMILES string of the molecule is c1nc(CN2CCN(C3CNC3)CC2)no1. The van der Waals surface area contributed by atoms with Crippen LogP contribution in [0, 0.1) is 0 Å². The zero-order chi connectivity index (χ0) is 10.8. The van der Waals surface area contributed by atoms with E-state index >= 15 is 0 Å². The van der Waals surface area contributed by atoms with Gasteiger partial charge >= 0.3 is 0 Å². The van der Waals surface area contributed by atoms with Gasteiger partial charge in [0.2, 0.25) is 6.39 Å². The molecular formula is C10H17N5O. The Hall–Kier alpha value is -0.980. The Balaban J connectivity index is 1.47. The van der Waals surface area contributed by atoms with Crippen molar-refractivity contribution in [3.63, 3.8) is 0 Å². The Kier molecular flexibility index (Phi) is 2.86. The second-order valence-electron chi connectivity index (χ2n) is 4.47. The van der Waals surface area contributed by atoms with Crippen molar-refractivity contribution in [2.75, 3.05) is 39.3 Å². The van der Waals surface area contributed by atoms with Crippen molar-refractivity contribution in [2.24, 2.45) is 0 Å². The van der Waals surface area contributed by atoms with Gasteiger partial charge in [-0.05, 0) is 0 Å². The molecule has 2 aliphatic heterocycles. The van der Waals surface area contributed by atoms with Crippen LogP contribution in [-0.2, 0) is 6.54 Å². The highest BCUT2D eigenvalue weighted by atomic mass is 16.5. The van der Waals surface area contributed by atoms with Gasteiger partial charge in [-0.3, -0.25) is 9.80 Å². The summed E-state index contributed by atoms with van der Waals surface area (Å²) in [6.07, 6.45) is 1.39. The number of aromatic nitrogens is 2. The molecule has 0 aliphatic carbocycles. The van der Waals surface area contributed by atoms with E-state index in [2.05, 4.69) is 25.3 Å². The zero-order valence-corrected chi connectivity index (χ0v) is 9.30. The van der Waals surface area contributed by atoms with Crippen LogP contribution in [0.4, 0.5) is 0 Å². The molecule has 88 valence electrons. The van der Waals surface area contributed by atoms with Gasteiger partial charge in [0, 0.05) is 45.3 Å². The van der Waals surface area contributed by atoms with Gasteiger partial charge in [-0.1, -0.05) is 5.16 Å². The lowest BCUT2D eigenvalue weighted by Gasteiger charge is -2.43. The Labute approximate surface area is 94.6 Å². The molecule has 3 heterocycles. The van der Waals surface area contributed by atoms with Gasteiger partial charge in [-0.25, -0.2) is 0 Å². The fourth-order valence-corrected chi connectivity index (χ4v) is 2.28. The lowest BCUT2D eigenvalue weighted by Crippen LogP contribution is -2.61. The van der Waals surface area contributed by atoms with E-state index in [1.54, 1.807) is 0 Å². The monoisotopic (exact) mass is 223 g/mol. The van der Waals surface area contributed by atoms with Crippen LogP contribution in [0.25, 0.3) is 0 Å². The average molecular weight is 223 g/mol. The van der Waals surface area contributed by atoms with E-state index in [0.29, 0.717) is 0 Å². The van der Waals surface area contributed by atoms with Crippen molar-refractivity contribution in [3.8, 4) is 0 Å². The van der Waals surface area contributed by atoms with E-state index in [-0.39, 0.29) is 0 Å². The molecule has 1 N–H and O–H groups in total. The predicted octanol–water partition coefficient (Wildman–Crippen LogP) is -0.841. The molecule has 0 radical (unpaired) electrons. The van der Waals surface area contributed by atoms with E-state index in [1.165, 1.54) is 6.39 Å². The first kappa shape index (κ1) is 10.2. The average Bonchev–Trinajstić information content (AvgIpc) is 2.71. The topological polar surface area (TPSA) is 57.4 Å². The van der Waals surface area contributed by atoms with Gasteiger partial charge in [-0.15, -0.1) is 0 Å². The summed E-state index contributed by atoms with van der Waals surface area (Å²) in [4.78, 5) is 9.00. The third kappa shape index (κ3) is 2.09. The second-order valence-corrected chi connectivity index (χ2v) is 4.47. The highest BCUT2D eigenvalue weighted by Crippen LogP contribution is 2.10. The van der Waals surface area contributed by atoms with Crippen LogP contribution in [0.1, 0.15) is 5.82 Å². The van der Waals surface area contributed by atoms with Crippen molar-refractivity contribution < 1.29 is 4.52 Å². The van der Waals surface area contributed by atoms with Gasteiger partial charge in [0.05, 0.1) is 6.54 Å². The summed E-state index contributed by atoms with van der Waals surface area (Å²) in [6.45, 7) is 7.65. The predicted molar refractivity (Wildman–Crippen MR) is 57.8 cm³/mol. The third-order valence-electron chi connectivity index (χ3n) is 3.46. The molecule has 0 saturated carbocycles. The first-order valence-electron chi connectivity index (χ1n) is 5.84. The normalized spacial score (nSPS) is 24.5. The summed E-state index contributed by atoms with van der Waals surface area (Å²) in [6, 6.07) is 0.771. The van der Waals surface area contributed by atoms with Crippen LogP contribution in [0.15, 0.2) is 10.9 Å². The highest BCUT2D eigenvalue weighted by molar-refractivity contribution is 4.88. The lowest BCUT2D eigenvalue weighted by atomic mass is 10.1. The molecule has 1 aromatic heterocycles. The molecule has 16 heavy (non-hydrogen) atoms. The minimum absolute atomic E-state index is 0.771. The molecule has 0 aromatic carbocycles. The molecule has 2 aliphatic rings. The summed E-state index contributed by atoms with van der Waals surface area (Å²) in [5.74, 6) is 0.791. The lowest BCUT2D eigenvalue weighted by molar-refractivity contribution is 0.0681. The number of nitrogens with zero attached hydrogens (tertiary/aromatic N) is 4. The quantitative estimate of drug-likeness (QED) is 0.721. The van der Waals surface area contributed by atoms with Gasteiger partial charge in [0.1, 0.15) is 0 Å². The summed E-state index contributed by atoms with van der Waals surface area (Å²) >= 11 is 0. The summed E-state index contributed by atoms with van der Waals surface area (Å²) < 4.78 is 4.74. The molecule has 6 nitrogen and oxygen atoms in total. The Morgan fingerprint density at radius 1 is 1.31 bits per heavy atom. The minimum atomic E-state index is 0.771. The maximum absolute atomic E-state index is 4.74. The first-order valence-corrected chi connectivity index (χ1v) is 5.84. The largest absolute Gasteiger partial charge is 0.343 e. The molecular weight excluding hydrogens is 206 g/mol. The van der Waals surface area contributed by atoms with E-state index in [1.807, 2.05) is 0 Å². The van der Waals surface area contributed by atoms with E-state index in [4.69, 9.17) is 4.52 Å². The molecule has 2 fully saturated rings. The molecule has 0 spiro atoms.